The molecule has 1 saturated heterocycles. The number of anilines is 1. The third kappa shape index (κ3) is 4.62. The number of hydrogen-bond acceptors (Lipinski definition) is 6. The Kier molecular flexibility index (Phi) is 6.34. The number of fused-ring (bicyclic) bond motifs is 1. The lowest BCUT2D eigenvalue weighted by atomic mass is 10.1. The van der Waals surface area contributed by atoms with Crippen molar-refractivity contribution < 1.29 is 31.5 Å². The summed E-state index contributed by atoms with van der Waals surface area (Å²) in [4.78, 5) is 16.9. The highest BCUT2D eigenvalue weighted by atomic mass is 32.2. The molecule has 1 aromatic carbocycles. The molecular weight excluding hydrogens is 491 g/mol. The van der Waals surface area contributed by atoms with E-state index in [2.05, 4.69) is 4.98 Å². The Morgan fingerprint density at radius 2 is 1.85 bits per heavy atom. The summed E-state index contributed by atoms with van der Waals surface area (Å²) in [5.74, 6) is -0.648. The van der Waals surface area contributed by atoms with Crippen molar-refractivity contribution in [2.24, 2.45) is 0 Å². The Bertz CT molecular complexity index is 1310. The Labute approximate surface area is 198 Å². The van der Waals surface area contributed by atoms with Gasteiger partial charge in [0.15, 0.2) is 0 Å². The number of carboxylic acids is 1. The number of nitrogens with zero attached hydrogens (tertiary/aromatic N) is 3. The molecule has 4 rings (SSSR count). The average molecular weight is 514 g/mol. The van der Waals surface area contributed by atoms with Gasteiger partial charge in [-0.25, -0.2) is 13.4 Å². The third-order valence-corrected chi connectivity index (χ3v) is 8.92. The van der Waals surface area contributed by atoms with E-state index in [4.69, 9.17) is 5.11 Å². The summed E-state index contributed by atoms with van der Waals surface area (Å²) >= 11 is 1.36. The van der Waals surface area contributed by atoms with E-state index in [1.54, 1.807) is 30.2 Å². The van der Waals surface area contributed by atoms with Crippen LogP contribution in [0.4, 0.5) is 19.0 Å². The third-order valence-electron chi connectivity index (χ3n) is 5.78. The highest BCUT2D eigenvalue weighted by Gasteiger charge is 2.39. The van der Waals surface area contributed by atoms with Crippen LogP contribution in [0.5, 0.6) is 0 Å². The Morgan fingerprint density at radius 3 is 2.41 bits per heavy atom. The van der Waals surface area contributed by atoms with Crippen molar-refractivity contribution in [1.29, 1.82) is 0 Å². The van der Waals surface area contributed by atoms with Crippen LogP contribution in [0.2, 0.25) is 0 Å². The maximum Gasteiger partial charge on any atom is 0.417 e. The second-order valence-corrected chi connectivity index (χ2v) is 11.1. The molecule has 0 bridgehead atoms. The van der Waals surface area contributed by atoms with Gasteiger partial charge in [0.1, 0.15) is 5.82 Å². The van der Waals surface area contributed by atoms with Crippen LogP contribution in [0, 0.1) is 0 Å². The summed E-state index contributed by atoms with van der Waals surface area (Å²) in [7, 11) is -3.91. The van der Waals surface area contributed by atoms with Crippen LogP contribution in [0.15, 0.2) is 46.8 Å². The Hall–Kier alpha value is -2.70. The Morgan fingerprint density at radius 1 is 1.18 bits per heavy atom. The number of rotatable bonds is 5. The number of sulfonamides is 1. The molecular formula is C22H22F3N3O4S2. The minimum Gasteiger partial charge on any atom is -0.481 e. The van der Waals surface area contributed by atoms with Gasteiger partial charge in [0, 0.05) is 36.1 Å². The summed E-state index contributed by atoms with van der Waals surface area (Å²) in [5.41, 5.74) is -0.284. The number of alkyl halides is 3. The minimum absolute atomic E-state index is 0.0739. The van der Waals surface area contributed by atoms with Gasteiger partial charge in [-0.1, -0.05) is 0 Å². The van der Waals surface area contributed by atoms with Gasteiger partial charge in [-0.05, 0) is 60.5 Å². The van der Waals surface area contributed by atoms with Crippen LogP contribution in [0.25, 0.3) is 10.1 Å². The van der Waals surface area contributed by atoms with Crippen LogP contribution in [-0.4, -0.2) is 54.0 Å². The fraction of sp³-hybridized carbons (Fsp3) is 0.364. The molecule has 0 radical (unpaired) electrons. The van der Waals surface area contributed by atoms with Gasteiger partial charge in [-0.3, -0.25) is 4.79 Å². The molecule has 12 heteroatoms. The zero-order valence-electron chi connectivity index (χ0n) is 18.3. The molecule has 0 saturated carbocycles. The lowest BCUT2D eigenvalue weighted by Crippen LogP contribution is -2.58. The van der Waals surface area contributed by atoms with Crippen LogP contribution < -0.4 is 4.90 Å². The van der Waals surface area contributed by atoms with Crippen molar-refractivity contribution in [3.63, 3.8) is 0 Å². The normalized spacial score (nSPS) is 20.1. The first kappa shape index (κ1) is 24.4. The van der Waals surface area contributed by atoms with Gasteiger partial charge in [-0.15, -0.1) is 11.3 Å². The number of pyridine rings is 1. The Balaban J connectivity index is 1.59. The van der Waals surface area contributed by atoms with Crippen molar-refractivity contribution in [3.05, 3.63) is 53.0 Å². The zero-order chi connectivity index (χ0) is 24.8. The molecule has 1 fully saturated rings. The number of carbonyl (C=O) groups is 1. The van der Waals surface area contributed by atoms with E-state index < -0.39 is 39.8 Å². The molecule has 2 aromatic heterocycles. The van der Waals surface area contributed by atoms with E-state index >= 15 is 0 Å². The van der Waals surface area contributed by atoms with E-state index in [-0.39, 0.29) is 24.4 Å². The number of halogens is 3. The molecule has 3 aromatic rings. The minimum atomic E-state index is -4.48. The van der Waals surface area contributed by atoms with E-state index in [0.29, 0.717) is 16.8 Å². The lowest BCUT2D eigenvalue weighted by molar-refractivity contribution is -0.138. The molecule has 0 spiro atoms. The first-order valence-corrected chi connectivity index (χ1v) is 12.7. The number of carboxylic acid groups (broad SMARTS) is 1. The molecule has 7 nitrogen and oxygen atoms in total. The van der Waals surface area contributed by atoms with Gasteiger partial charge >= 0.3 is 12.1 Å². The maximum absolute atomic E-state index is 13.6. The molecule has 34 heavy (non-hydrogen) atoms. The van der Waals surface area contributed by atoms with Crippen LogP contribution in [-0.2, 0) is 27.4 Å². The summed E-state index contributed by atoms with van der Waals surface area (Å²) in [6, 6.07) is 6.01. The van der Waals surface area contributed by atoms with Crippen molar-refractivity contribution in [3.8, 4) is 0 Å². The lowest BCUT2D eigenvalue weighted by Gasteiger charge is -2.43. The van der Waals surface area contributed by atoms with Crippen LogP contribution in [0.1, 0.15) is 25.0 Å². The zero-order valence-corrected chi connectivity index (χ0v) is 19.9. The first-order valence-electron chi connectivity index (χ1n) is 10.4. The van der Waals surface area contributed by atoms with Crippen molar-refractivity contribution in [2.75, 3.05) is 18.0 Å². The summed E-state index contributed by atoms with van der Waals surface area (Å²) < 4.78 is 67.8. The predicted octanol–water partition coefficient (Wildman–Crippen LogP) is 4.23. The van der Waals surface area contributed by atoms with Gasteiger partial charge in [0.25, 0.3) is 0 Å². The van der Waals surface area contributed by atoms with E-state index in [0.717, 1.165) is 17.0 Å². The molecule has 3 heterocycles. The van der Waals surface area contributed by atoms with E-state index in [9.17, 15) is 26.4 Å². The fourth-order valence-corrected chi connectivity index (χ4v) is 7.13. The molecule has 182 valence electrons. The van der Waals surface area contributed by atoms with Gasteiger partial charge in [-0.2, -0.15) is 17.5 Å². The summed E-state index contributed by atoms with van der Waals surface area (Å²) in [6.45, 7) is 3.99. The molecule has 1 aliphatic heterocycles. The maximum atomic E-state index is 13.6. The highest BCUT2D eigenvalue weighted by Crippen LogP contribution is 2.33. The topological polar surface area (TPSA) is 90.8 Å². The molecule has 2 atom stereocenters. The quantitative estimate of drug-likeness (QED) is 0.549. The summed E-state index contributed by atoms with van der Waals surface area (Å²) in [6.07, 6.45) is -3.90. The van der Waals surface area contributed by atoms with E-state index in [1.807, 2.05) is 0 Å². The number of hydrogen-bond donors (Lipinski definition) is 1. The standard InChI is InChI=1S/C22H22F3N3O4S2/c1-13-10-27(20-6-3-16(9-26-20)22(23,24)25)11-14(2)28(13)34(31,32)17-4-5-19-18(8-17)15(12-33-19)7-21(29)30/h3-6,8-9,12-14H,7,10-11H2,1-2H3,(H,29,30)/t13-,14+. The largest absolute Gasteiger partial charge is 0.481 e. The van der Waals surface area contributed by atoms with Crippen LogP contribution >= 0.6 is 11.3 Å². The number of thiophene rings is 1. The second kappa shape index (κ2) is 8.82. The highest BCUT2D eigenvalue weighted by molar-refractivity contribution is 7.89. The number of aromatic nitrogens is 1. The van der Waals surface area contributed by atoms with Gasteiger partial charge in [0.05, 0.1) is 16.9 Å². The van der Waals surface area contributed by atoms with Crippen molar-refractivity contribution in [1.82, 2.24) is 9.29 Å². The van der Waals surface area contributed by atoms with E-state index in [1.165, 1.54) is 33.8 Å². The second-order valence-electron chi connectivity index (χ2n) is 8.33. The first-order chi connectivity index (χ1) is 15.9. The molecule has 1 N–H and O–H groups in total. The number of piperazine rings is 1. The van der Waals surface area contributed by atoms with Gasteiger partial charge in [0.2, 0.25) is 10.0 Å². The SMILES string of the molecule is C[C@@H]1CN(c2ccc(C(F)(F)F)cn2)C[C@H](C)N1S(=O)(=O)c1ccc2scc(CC(=O)O)c2c1. The number of benzene rings is 1. The van der Waals surface area contributed by atoms with Crippen molar-refractivity contribution in [2.45, 2.75) is 43.4 Å². The smallest absolute Gasteiger partial charge is 0.417 e. The molecule has 0 unspecified atom stereocenters. The van der Waals surface area contributed by atoms with Crippen molar-refractivity contribution >= 4 is 43.2 Å². The molecule has 0 aliphatic carbocycles. The average Bonchev–Trinajstić information content (AvgIpc) is 3.14. The van der Waals surface area contributed by atoms with Gasteiger partial charge < -0.3 is 10.0 Å². The predicted molar refractivity (Wildman–Crippen MR) is 123 cm³/mol. The number of aliphatic carboxylic acids is 1. The molecule has 1 aliphatic rings. The fourth-order valence-electron chi connectivity index (χ4n) is 4.35. The molecule has 0 amide bonds. The monoisotopic (exact) mass is 513 g/mol. The summed E-state index contributed by atoms with van der Waals surface area (Å²) in [5, 5.41) is 11.5. The van der Waals surface area contributed by atoms with Crippen LogP contribution in [0.3, 0.4) is 0 Å².